The molecule has 4 rings (SSSR count). The molecule has 2 atom stereocenters. The molecule has 226 valence electrons. The second-order valence-corrected chi connectivity index (χ2v) is 10.0. The van der Waals surface area contributed by atoms with E-state index in [1.807, 2.05) is 29.9 Å². The quantitative estimate of drug-likeness (QED) is 0.238. The molecule has 1 unspecified atom stereocenters. The first kappa shape index (κ1) is 30.8. The van der Waals surface area contributed by atoms with Crippen molar-refractivity contribution >= 4 is 29.0 Å². The van der Waals surface area contributed by atoms with Crippen LogP contribution in [0.25, 0.3) is 11.2 Å². The van der Waals surface area contributed by atoms with Crippen LogP contribution in [0, 0.1) is 17.8 Å². The number of ether oxygens (including phenoxy) is 2. The number of likely N-dealkylation sites (N-methyl/N-ethyl adjacent to an activating group) is 1. The molecule has 14 heteroatoms. The average Bonchev–Trinajstić information content (AvgIpc) is 3.61. The number of anilines is 1. The Labute approximate surface area is 244 Å². The predicted octanol–water partition coefficient (Wildman–Crippen LogP) is 0.829. The zero-order chi connectivity index (χ0) is 30.1. The predicted molar refractivity (Wildman–Crippen MR) is 153 cm³/mol. The van der Waals surface area contributed by atoms with Crippen LogP contribution in [0.15, 0.2) is 24.7 Å². The third kappa shape index (κ3) is 7.55. The molecule has 1 fully saturated rings. The van der Waals surface area contributed by atoms with E-state index in [0.29, 0.717) is 61.3 Å². The molecule has 4 N–H and O–H groups in total. The van der Waals surface area contributed by atoms with Gasteiger partial charge < -0.3 is 39.8 Å². The van der Waals surface area contributed by atoms with E-state index in [9.17, 15) is 19.8 Å². The van der Waals surface area contributed by atoms with E-state index in [2.05, 4.69) is 37.4 Å². The summed E-state index contributed by atoms with van der Waals surface area (Å²) in [6, 6.07) is 3.95. The largest absolute Gasteiger partial charge is 0.453 e. The van der Waals surface area contributed by atoms with E-state index in [0.717, 1.165) is 18.5 Å². The smallest absolute Gasteiger partial charge is 0.409 e. The number of hydrogen-bond donors (Lipinski definition) is 4. The Morgan fingerprint density at radius 1 is 1.26 bits per heavy atom. The number of fused-ring (bicyclic) bond motifs is 1. The van der Waals surface area contributed by atoms with Crippen LogP contribution in [0.1, 0.15) is 37.7 Å². The molecule has 1 aliphatic heterocycles. The number of hydrogen-bond acceptors (Lipinski definition) is 10. The van der Waals surface area contributed by atoms with Crippen LogP contribution in [0.2, 0.25) is 0 Å². The summed E-state index contributed by atoms with van der Waals surface area (Å²) < 4.78 is 14.1. The van der Waals surface area contributed by atoms with Crippen molar-refractivity contribution in [1.82, 2.24) is 34.3 Å². The molecule has 1 saturated heterocycles. The Balaban J connectivity index is 1.55. The van der Waals surface area contributed by atoms with Gasteiger partial charge in [-0.3, -0.25) is 9.36 Å². The van der Waals surface area contributed by atoms with Gasteiger partial charge in [-0.2, -0.15) is 0 Å². The molecule has 3 aromatic heterocycles. The van der Waals surface area contributed by atoms with Crippen LogP contribution in [0.4, 0.5) is 10.6 Å². The first-order valence-corrected chi connectivity index (χ1v) is 13.9. The van der Waals surface area contributed by atoms with Gasteiger partial charge in [0.2, 0.25) is 5.82 Å². The number of nitrogens with zero attached hydrogens (tertiary/aromatic N) is 6. The van der Waals surface area contributed by atoms with E-state index in [1.165, 1.54) is 13.4 Å². The molecule has 4 heterocycles. The zero-order valence-corrected chi connectivity index (χ0v) is 24.1. The van der Waals surface area contributed by atoms with E-state index >= 15 is 0 Å². The molecule has 14 nitrogen and oxygen atoms in total. The van der Waals surface area contributed by atoms with Gasteiger partial charge in [-0.25, -0.2) is 19.7 Å². The number of methoxy groups -OCH3 is 1. The molecule has 2 amide bonds. The van der Waals surface area contributed by atoms with Crippen molar-refractivity contribution in [2.45, 2.75) is 51.7 Å². The second kappa shape index (κ2) is 14.6. The van der Waals surface area contributed by atoms with Crippen molar-refractivity contribution in [3.05, 3.63) is 36.2 Å². The molecular weight excluding hydrogens is 544 g/mol. The van der Waals surface area contributed by atoms with Gasteiger partial charge >= 0.3 is 6.09 Å². The van der Waals surface area contributed by atoms with Gasteiger partial charge in [-0.15, -0.1) is 0 Å². The van der Waals surface area contributed by atoms with Crippen LogP contribution in [-0.4, -0.2) is 96.8 Å². The number of rotatable bonds is 11. The molecule has 0 spiro atoms. The fraction of sp³-hybridized carbons (Fsp3) is 0.536. The minimum atomic E-state index is -1.40. The van der Waals surface area contributed by atoms with Crippen LogP contribution < -0.4 is 10.6 Å². The van der Waals surface area contributed by atoms with Crippen LogP contribution >= 0.6 is 0 Å². The molecule has 42 heavy (non-hydrogen) atoms. The Bertz CT molecular complexity index is 1420. The number of aliphatic hydroxyl groups excluding tert-OH is 2. The van der Waals surface area contributed by atoms with Gasteiger partial charge in [0, 0.05) is 45.0 Å². The first-order valence-electron chi connectivity index (χ1n) is 13.9. The molecule has 0 radical (unpaired) electrons. The zero-order valence-electron chi connectivity index (χ0n) is 24.1. The summed E-state index contributed by atoms with van der Waals surface area (Å²) in [4.78, 5) is 39.6. The third-order valence-electron chi connectivity index (χ3n) is 7.13. The highest BCUT2D eigenvalue weighted by Gasteiger charge is 2.27. The number of imidazole rings is 1. The topological polar surface area (TPSA) is 169 Å². The summed E-state index contributed by atoms with van der Waals surface area (Å²) in [7, 11) is 3.34. The summed E-state index contributed by atoms with van der Waals surface area (Å²) in [5, 5.41) is 25.5. The number of carbonyl (C=O) groups is 2. The van der Waals surface area contributed by atoms with Crippen LogP contribution in [0.3, 0.4) is 0 Å². The number of aryl methyl sites for hydroxylation is 1. The molecular formula is C28H38N8O6. The average molecular weight is 583 g/mol. The molecule has 0 bridgehead atoms. The molecule has 0 aromatic carbocycles. The van der Waals surface area contributed by atoms with E-state index in [4.69, 9.17) is 9.47 Å². The first-order chi connectivity index (χ1) is 20.3. The third-order valence-corrected chi connectivity index (χ3v) is 7.13. The summed E-state index contributed by atoms with van der Waals surface area (Å²) in [5.74, 6) is 6.87. The fourth-order valence-corrected chi connectivity index (χ4v) is 4.69. The van der Waals surface area contributed by atoms with E-state index in [1.54, 1.807) is 16.4 Å². The van der Waals surface area contributed by atoms with E-state index in [-0.39, 0.29) is 12.8 Å². The number of amides is 2. The molecule has 3 aromatic rings. The lowest BCUT2D eigenvalue weighted by Gasteiger charge is -2.29. The van der Waals surface area contributed by atoms with Crippen LogP contribution in [0.5, 0.6) is 0 Å². The van der Waals surface area contributed by atoms with Crippen molar-refractivity contribution in [3.8, 4) is 11.8 Å². The maximum atomic E-state index is 12.4. The Morgan fingerprint density at radius 3 is 2.71 bits per heavy atom. The summed E-state index contributed by atoms with van der Waals surface area (Å²) in [6.45, 7) is 3.07. The number of carbonyl (C=O) groups excluding carboxylic acids is 2. The number of aliphatic hydroxyl groups is 2. The fourth-order valence-electron chi connectivity index (χ4n) is 4.69. The molecule has 0 saturated carbocycles. The lowest BCUT2D eigenvalue weighted by molar-refractivity contribution is -0.147. The summed E-state index contributed by atoms with van der Waals surface area (Å²) >= 11 is 0. The highest BCUT2D eigenvalue weighted by atomic mass is 16.5. The van der Waals surface area contributed by atoms with Crippen LogP contribution in [-0.2, 0) is 34.6 Å². The van der Waals surface area contributed by atoms with E-state index < -0.39 is 24.7 Å². The standard InChI is InChI=1S/C28H38N8O6/c1-4-29-27(39)24(21(38)16-37)42-18-36-17-31-23-25(30-15-20-8-6-12-34(20)2)32-22(33-26(23)36)9-5-7-19-10-13-35(14-11-19)28(40)41-3/h6,8,12,17,19,21,24,37-38H,4,7,10-11,13-16,18H2,1-3H3,(H,29,39)(H,30,32,33)/t21?,24-/m0/s1. The number of likely N-dealkylation sites (tertiary alicyclic amines) is 1. The van der Waals surface area contributed by atoms with Gasteiger partial charge in [0.15, 0.2) is 23.1 Å². The Kier molecular flexibility index (Phi) is 10.7. The second-order valence-electron chi connectivity index (χ2n) is 10.0. The summed E-state index contributed by atoms with van der Waals surface area (Å²) in [5.41, 5.74) is 1.97. The Morgan fingerprint density at radius 2 is 2.05 bits per heavy atom. The highest BCUT2D eigenvalue weighted by Crippen LogP contribution is 2.22. The monoisotopic (exact) mass is 582 g/mol. The maximum absolute atomic E-state index is 12.4. The van der Waals surface area contributed by atoms with Gasteiger partial charge in [-0.05, 0) is 43.7 Å². The minimum Gasteiger partial charge on any atom is -0.453 e. The van der Waals surface area contributed by atoms with Gasteiger partial charge in [0.25, 0.3) is 5.91 Å². The number of nitrogens with one attached hydrogen (secondary N) is 2. The SMILES string of the molecule is CCNC(=O)[C@@H](OCn1cnc2c(NCc3cccn3C)nc(C#CCC3CCN(C(=O)OC)CC3)nc21)C(O)CO. The lowest BCUT2D eigenvalue weighted by atomic mass is 9.94. The number of aromatic nitrogens is 5. The van der Waals surface area contributed by atoms with Crippen molar-refractivity contribution < 1.29 is 29.3 Å². The van der Waals surface area contributed by atoms with Crippen molar-refractivity contribution in [2.24, 2.45) is 13.0 Å². The summed E-state index contributed by atoms with van der Waals surface area (Å²) in [6.07, 6.45) is 2.79. The van der Waals surface area contributed by atoms with Gasteiger partial charge in [0.05, 0.1) is 26.6 Å². The van der Waals surface area contributed by atoms with Gasteiger partial charge in [-0.1, -0.05) is 5.92 Å². The van der Waals surface area contributed by atoms with Crippen molar-refractivity contribution in [3.63, 3.8) is 0 Å². The van der Waals surface area contributed by atoms with Gasteiger partial charge in [0.1, 0.15) is 12.8 Å². The van der Waals surface area contributed by atoms with Crippen molar-refractivity contribution in [1.29, 1.82) is 0 Å². The van der Waals surface area contributed by atoms with Crippen molar-refractivity contribution in [2.75, 3.05) is 38.7 Å². The molecule has 0 aliphatic carbocycles. The number of piperidine rings is 1. The lowest BCUT2D eigenvalue weighted by Crippen LogP contribution is -2.45. The highest BCUT2D eigenvalue weighted by molar-refractivity contribution is 5.83. The normalized spacial score (nSPS) is 15.1. The maximum Gasteiger partial charge on any atom is 0.409 e. The minimum absolute atomic E-state index is 0.157. The molecule has 1 aliphatic rings. The Hall–Kier alpha value is -4.19.